The Bertz CT molecular complexity index is 842. The fourth-order valence-corrected chi connectivity index (χ4v) is 1.80. The van der Waals surface area contributed by atoms with Gasteiger partial charge < -0.3 is 10.4 Å². The normalized spacial score (nSPS) is 10.5. The quantitative estimate of drug-likeness (QED) is 0.666. The molecule has 8 nitrogen and oxygen atoms in total. The molecule has 0 aliphatic carbocycles. The van der Waals surface area contributed by atoms with Crippen molar-refractivity contribution in [2.24, 2.45) is 0 Å². The monoisotopic (exact) mass is 283 g/mol. The van der Waals surface area contributed by atoms with Gasteiger partial charge in [-0.25, -0.2) is 9.78 Å². The zero-order valence-corrected chi connectivity index (χ0v) is 10.6. The van der Waals surface area contributed by atoms with Crippen molar-refractivity contribution in [1.29, 1.82) is 0 Å². The molecule has 0 saturated heterocycles. The van der Waals surface area contributed by atoms with E-state index in [0.29, 0.717) is 16.6 Å². The number of carboxylic acids is 1. The number of H-pyrrole nitrogens is 1. The van der Waals surface area contributed by atoms with Crippen LogP contribution in [0.5, 0.6) is 0 Å². The second kappa shape index (κ2) is 5.00. The number of carbonyl (C=O) groups excluding carboxylic acids is 1. The molecule has 3 rings (SSSR count). The molecule has 0 spiro atoms. The number of nitrogens with one attached hydrogen (secondary N) is 2. The van der Waals surface area contributed by atoms with Crippen molar-refractivity contribution in [3.05, 3.63) is 47.7 Å². The van der Waals surface area contributed by atoms with Gasteiger partial charge in [0.15, 0.2) is 0 Å². The van der Waals surface area contributed by atoms with Crippen LogP contribution in [0.3, 0.4) is 0 Å². The number of hydrogen-bond donors (Lipinski definition) is 3. The summed E-state index contributed by atoms with van der Waals surface area (Å²) in [6.45, 7) is 0. The Balaban J connectivity index is 1.85. The molecule has 0 bridgehead atoms. The van der Waals surface area contributed by atoms with Crippen LogP contribution >= 0.6 is 0 Å². The highest BCUT2D eigenvalue weighted by Crippen LogP contribution is 2.13. The predicted molar refractivity (Wildman–Crippen MR) is 73.0 cm³/mol. The van der Waals surface area contributed by atoms with Crippen molar-refractivity contribution in [3.8, 4) is 0 Å². The minimum absolute atomic E-state index is 0.0484. The lowest BCUT2D eigenvalue weighted by molar-refractivity contribution is 0.0696. The molecule has 21 heavy (non-hydrogen) atoms. The highest BCUT2D eigenvalue weighted by Gasteiger charge is 2.10. The van der Waals surface area contributed by atoms with Gasteiger partial charge in [0.2, 0.25) is 0 Å². The Hall–Kier alpha value is -3.29. The topological polar surface area (TPSA) is 121 Å². The number of aromatic nitrogens is 4. The third-order valence-corrected chi connectivity index (χ3v) is 2.83. The molecule has 1 aromatic carbocycles. The average Bonchev–Trinajstić information content (AvgIpc) is 2.94. The number of hydrogen-bond acceptors (Lipinski definition) is 5. The summed E-state index contributed by atoms with van der Waals surface area (Å²) in [5, 5.41) is 21.7. The molecular weight excluding hydrogens is 274 g/mol. The summed E-state index contributed by atoms with van der Waals surface area (Å²) < 4.78 is 0. The summed E-state index contributed by atoms with van der Waals surface area (Å²) in [7, 11) is 0. The van der Waals surface area contributed by atoms with E-state index in [9.17, 15) is 9.59 Å². The van der Waals surface area contributed by atoms with Crippen LogP contribution in [0, 0.1) is 0 Å². The van der Waals surface area contributed by atoms with Crippen molar-refractivity contribution >= 4 is 28.7 Å². The molecular formula is C13H9N5O3. The summed E-state index contributed by atoms with van der Waals surface area (Å²) in [5.74, 6) is -1.33. The maximum atomic E-state index is 12.1. The van der Waals surface area contributed by atoms with E-state index in [4.69, 9.17) is 5.11 Å². The van der Waals surface area contributed by atoms with E-state index in [1.54, 1.807) is 18.2 Å². The van der Waals surface area contributed by atoms with Crippen LogP contribution in [-0.2, 0) is 0 Å². The molecule has 0 saturated carbocycles. The molecule has 0 atom stereocenters. The third kappa shape index (κ3) is 2.54. The molecule has 8 heteroatoms. The van der Waals surface area contributed by atoms with E-state index in [-0.39, 0.29) is 11.4 Å². The molecule has 3 N–H and O–H groups in total. The third-order valence-electron chi connectivity index (χ3n) is 2.83. The first-order valence-electron chi connectivity index (χ1n) is 5.95. The summed E-state index contributed by atoms with van der Waals surface area (Å²) >= 11 is 0. The second-order valence-electron chi connectivity index (χ2n) is 4.22. The summed E-state index contributed by atoms with van der Waals surface area (Å²) in [5.41, 5.74) is 1.64. The number of rotatable bonds is 3. The predicted octanol–water partition coefficient (Wildman–Crippen LogP) is 1.30. The second-order valence-corrected chi connectivity index (χ2v) is 4.22. The number of anilines is 1. The number of pyridine rings is 1. The molecule has 0 fully saturated rings. The molecule has 0 aliphatic rings. The Kier molecular flexibility index (Phi) is 3.03. The van der Waals surface area contributed by atoms with Gasteiger partial charge in [0, 0.05) is 11.8 Å². The van der Waals surface area contributed by atoms with Crippen LogP contribution in [0.15, 0.2) is 36.5 Å². The fourth-order valence-electron chi connectivity index (χ4n) is 1.80. The number of carboxylic acid groups (broad SMARTS) is 1. The SMILES string of the molecule is O=C(O)c1ccnc(NC(=O)c2ccc3n[nH]nc3c2)c1. The molecule has 2 aromatic heterocycles. The first-order chi connectivity index (χ1) is 10.1. The van der Waals surface area contributed by atoms with E-state index in [2.05, 4.69) is 25.7 Å². The van der Waals surface area contributed by atoms with Crippen molar-refractivity contribution in [2.75, 3.05) is 5.32 Å². The lowest BCUT2D eigenvalue weighted by atomic mass is 10.2. The maximum absolute atomic E-state index is 12.1. The Labute approximate surface area is 117 Å². The van der Waals surface area contributed by atoms with Crippen LogP contribution in [0.2, 0.25) is 0 Å². The van der Waals surface area contributed by atoms with Gasteiger partial charge in [-0.2, -0.15) is 15.4 Å². The summed E-state index contributed by atoms with van der Waals surface area (Å²) in [6.07, 6.45) is 1.32. The fraction of sp³-hybridized carbons (Fsp3) is 0. The van der Waals surface area contributed by atoms with Crippen LogP contribution in [-0.4, -0.2) is 37.4 Å². The highest BCUT2D eigenvalue weighted by molar-refractivity contribution is 6.05. The molecule has 0 unspecified atom stereocenters. The Morgan fingerprint density at radius 3 is 2.67 bits per heavy atom. The summed E-state index contributed by atoms with van der Waals surface area (Å²) in [6, 6.07) is 7.47. The number of amides is 1. The Morgan fingerprint density at radius 2 is 1.86 bits per heavy atom. The molecule has 3 aromatic rings. The minimum Gasteiger partial charge on any atom is -0.478 e. The molecule has 0 radical (unpaired) electrons. The smallest absolute Gasteiger partial charge is 0.335 e. The van der Waals surface area contributed by atoms with Gasteiger partial charge in [-0.1, -0.05) is 0 Å². The average molecular weight is 283 g/mol. The highest BCUT2D eigenvalue weighted by atomic mass is 16.4. The van der Waals surface area contributed by atoms with Crippen molar-refractivity contribution in [1.82, 2.24) is 20.4 Å². The van der Waals surface area contributed by atoms with E-state index in [1.165, 1.54) is 18.3 Å². The van der Waals surface area contributed by atoms with Crippen molar-refractivity contribution in [3.63, 3.8) is 0 Å². The van der Waals surface area contributed by atoms with Crippen molar-refractivity contribution in [2.45, 2.75) is 0 Å². The Morgan fingerprint density at radius 1 is 1.05 bits per heavy atom. The van der Waals surface area contributed by atoms with Crippen molar-refractivity contribution < 1.29 is 14.7 Å². The van der Waals surface area contributed by atoms with Gasteiger partial charge in [0.25, 0.3) is 5.91 Å². The maximum Gasteiger partial charge on any atom is 0.335 e. The van der Waals surface area contributed by atoms with E-state index in [1.807, 2.05) is 0 Å². The van der Waals surface area contributed by atoms with E-state index in [0.717, 1.165) is 0 Å². The molecule has 2 heterocycles. The number of benzene rings is 1. The van der Waals surface area contributed by atoms with Gasteiger partial charge in [0.1, 0.15) is 16.9 Å². The lowest BCUT2D eigenvalue weighted by Gasteiger charge is -2.05. The van der Waals surface area contributed by atoms with Gasteiger partial charge in [-0.3, -0.25) is 4.79 Å². The number of aromatic amines is 1. The van der Waals surface area contributed by atoms with Gasteiger partial charge in [-0.15, -0.1) is 0 Å². The van der Waals surface area contributed by atoms with E-state index >= 15 is 0 Å². The van der Waals surface area contributed by atoms with Crippen LogP contribution in [0.25, 0.3) is 11.0 Å². The van der Waals surface area contributed by atoms with Crippen LogP contribution in [0.4, 0.5) is 5.82 Å². The number of aromatic carboxylic acids is 1. The van der Waals surface area contributed by atoms with Gasteiger partial charge >= 0.3 is 5.97 Å². The van der Waals surface area contributed by atoms with Gasteiger partial charge in [0.05, 0.1) is 5.56 Å². The largest absolute Gasteiger partial charge is 0.478 e. The molecule has 1 amide bonds. The molecule has 0 aliphatic heterocycles. The minimum atomic E-state index is -1.09. The van der Waals surface area contributed by atoms with Crippen LogP contribution < -0.4 is 5.32 Å². The number of nitrogens with zero attached hydrogens (tertiary/aromatic N) is 3. The van der Waals surface area contributed by atoms with Crippen LogP contribution in [0.1, 0.15) is 20.7 Å². The lowest BCUT2D eigenvalue weighted by Crippen LogP contribution is -2.13. The first-order valence-corrected chi connectivity index (χ1v) is 5.95. The van der Waals surface area contributed by atoms with E-state index < -0.39 is 11.9 Å². The summed E-state index contributed by atoms with van der Waals surface area (Å²) in [4.78, 5) is 26.9. The standard InChI is InChI=1S/C13H9N5O3/c19-12(7-1-2-9-10(5-7)17-18-16-9)15-11-6-8(13(20)21)3-4-14-11/h1-6H,(H,20,21)(H,14,15,19)(H,16,17,18). The molecule has 104 valence electrons. The first kappa shape index (κ1) is 12.7. The zero-order chi connectivity index (χ0) is 14.8. The number of fused-ring (bicyclic) bond motifs is 1. The zero-order valence-electron chi connectivity index (χ0n) is 10.6. The van der Waals surface area contributed by atoms with Gasteiger partial charge in [-0.05, 0) is 30.3 Å². The number of carbonyl (C=O) groups is 2.